The lowest BCUT2D eigenvalue weighted by atomic mass is 9.84. The number of nitrogens with one attached hydrogen (secondary N) is 1. The van der Waals surface area contributed by atoms with Crippen LogP contribution < -0.4 is 5.32 Å². The number of carbonyl (C=O) groups excluding carboxylic acids is 1. The highest BCUT2D eigenvalue weighted by Crippen LogP contribution is 2.48. The van der Waals surface area contributed by atoms with E-state index in [1.165, 1.54) is 19.3 Å². The van der Waals surface area contributed by atoms with Crippen molar-refractivity contribution in [2.24, 2.45) is 35.5 Å². The number of hydrogen-bond acceptors (Lipinski definition) is 1. The molecule has 2 rings (SSSR count). The zero-order valence-electron chi connectivity index (χ0n) is 12.4. The van der Waals surface area contributed by atoms with Gasteiger partial charge in [-0.2, -0.15) is 0 Å². The van der Waals surface area contributed by atoms with Crippen molar-refractivity contribution >= 4 is 5.91 Å². The lowest BCUT2D eigenvalue weighted by molar-refractivity contribution is -0.126. The fraction of sp³-hybridized carbons (Fsp3) is 0.938. The molecule has 2 nitrogen and oxygen atoms in total. The van der Waals surface area contributed by atoms with E-state index < -0.39 is 0 Å². The third-order valence-corrected chi connectivity index (χ3v) is 5.30. The Labute approximate surface area is 112 Å². The summed E-state index contributed by atoms with van der Waals surface area (Å²) in [6, 6.07) is 0. The predicted molar refractivity (Wildman–Crippen MR) is 75.1 cm³/mol. The standard InChI is InChI=1S/C16H29NO/c1-10(2)15(11(3)4)9-17-16(18)14-8-12-5-6-13(14)7-12/h10-15H,5-9H2,1-4H3,(H,17,18). The van der Waals surface area contributed by atoms with E-state index in [1.54, 1.807) is 0 Å². The van der Waals surface area contributed by atoms with Crippen molar-refractivity contribution in [2.75, 3.05) is 6.54 Å². The second-order valence-corrected chi connectivity index (χ2v) is 7.18. The van der Waals surface area contributed by atoms with Crippen LogP contribution in [0.3, 0.4) is 0 Å². The molecule has 0 aromatic carbocycles. The predicted octanol–water partition coefficient (Wildman–Crippen LogP) is 3.47. The Kier molecular flexibility index (Phi) is 4.34. The first-order chi connectivity index (χ1) is 8.49. The lowest BCUT2D eigenvalue weighted by Gasteiger charge is -2.27. The highest BCUT2D eigenvalue weighted by atomic mass is 16.1. The van der Waals surface area contributed by atoms with E-state index in [4.69, 9.17) is 0 Å². The van der Waals surface area contributed by atoms with Crippen molar-refractivity contribution in [1.29, 1.82) is 0 Å². The molecule has 0 heterocycles. The van der Waals surface area contributed by atoms with Crippen LogP contribution in [-0.2, 0) is 4.79 Å². The summed E-state index contributed by atoms with van der Waals surface area (Å²) in [4.78, 5) is 12.3. The van der Waals surface area contributed by atoms with Gasteiger partial charge in [-0.25, -0.2) is 0 Å². The van der Waals surface area contributed by atoms with Gasteiger partial charge in [-0.05, 0) is 48.9 Å². The van der Waals surface area contributed by atoms with Crippen LogP contribution in [0.25, 0.3) is 0 Å². The quantitative estimate of drug-likeness (QED) is 0.796. The Bertz CT molecular complexity index is 289. The molecule has 0 spiro atoms. The zero-order chi connectivity index (χ0) is 13.3. The van der Waals surface area contributed by atoms with E-state index in [-0.39, 0.29) is 0 Å². The van der Waals surface area contributed by atoms with Gasteiger partial charge in [-0.1, -0.05) is 34.1 Å². The molecule has 0 aromatic heterocycles. The molecule has 1 amide bonds. The van der Waals surface area contributed by atoms with Crippen LogP contribution in [-0.4, -0.2) is 12.5 Å². The number of amides is 1. The largest absolute Gasteiger partial charge is 0.356 e. The SMILES string of the molecule is CC(C)C(CNC(=O)C1CC2CCC1C2)C(C)C. The molecule has 18 heavy (non-hydrogen) atoms. The van der Waals surface area contributed by atoms with Crippen molar-refractivity contribution < 1.29 is 4.79 Å². The summed E-state index contributed by atoms with van der Waals surface area (Å²) in [5.74, 6) is 4.13. The van der Waals surface area contributed by atoms with E-state index in [0.717, 1.165) is 18.9 Å². The summed E-state index contributed by atoms with van der Waals surface area (Å²) in [6.07, 6.45) is 5.13. The molecule has 0 aliphatic heterocycles. The average Bonchev–Trinajstić information content (AvgIpc) is 2.89. The Morgan fingerprint density at radius 1 is 1.11 bits per heavy atom. The maximum atomic E-state index is 12.3. The van der Waals surface area contributed by atoms with Gasteiger partial charge < -0.3 is 5.32 Å². The normalized spacial score (nSPS) is 30.7. The van der Waals surface area contributed by atoms with Gasteiger partial charge in [0.2, 0.25) is 5.91 Å². The second kappa shape index (κ2) is 5.63. The molecule has 3 atom stereocenters. The van der Waals surface area contributed by atoms with Gasteiger partial charge in [0.25, 0.3) is 0 Å². The first kappa shape index (κ1) is 13.9. The molecule has 104 valence electrons. The smallest absolute Gasteiger partial charge is 0.223 e. The second-order valence-electron chi connectivity index (χ2n) is 7.18. The molecule has 2 saturated carbocycles. The van der Waals surface area contributed by atoms with Gasteiger partial charge >= 0.3 is 0 Å². The summed E-state index contributed by atoms with van der Waals surface area (Å²) < 4.78 is 0. The molecule has 2 fully saturated rings. The Morgan fingerprint density at radius 3 is 2.22 bits per heavy atom. The van der Waals surface area contributed by atoms with Crippen molar-refractivity contribution in [1.82, 2.24) is 5.32 Å². The molecule has 0 aromatic rings. The van der Waals surface area contributed by atoms with Crippen molar-refractivity contribution in [3.05, 3.63) is 0 Å². The van der Waals surface area contributed by atoms with Gasteiger partial charge in [-0.15, -0.1) is 0 Å². The third kappa shape index (κ3) is 2.89. The highest BCUT2D eigenvalue weighted by Gasteiger charge is 2.43. The molecule has 2 heteroatoms. The van der Waals surface area contributed by atoms with Gasteiger partial charge in [-0.3, -0.25) is 4.79 Å². The third-order valence-electron chi connectivity index (χ3n) is 5.30. The molecule has 2 bridgehead atoms. The average molecular weight is 251 g/mol. The molecule has 0 saturated heterocycles. The van der Waals surface area contributed by atoms with Crippen LogP contribution >= 0.6 is 0 Å². The van der Waals surface area contributed by atoms with E-state index >= 15 is 0 Å². The minimum atomic E-state index is 0.337. The van der Waals surface area contributed by atoms with Crippen LogP contribution in [0.4, 0.5) is 0 Å². The van der Waals surface area contributed by atoms with Crippen LogP contribution in [0, 0.1) is 35.5 Å². The Hall–Kier alpha value is -0.530. The maximum absolute atomic E-state index is 12.3. The molecule has 0 radical (unpaired) electrons. The number of fused-ring (bicyclic) bond motifs is 2. The number of rotatable bonds is 5. The fourth-order valence-electron chi connectivity index (χ4n) is 4.16. The van der Waals surface area contributed by atoms with Crippen LogP contribution in [0.5, 0.6) is 0 Å². The lowest BCUT2D eigenvalue weighted by Crippen LogP contribution is -2.39. The fourth-order valence-corrected chi connectivity index (χ4v) is 4.16. The Balaban J connectivity index is 1.81. The van der Waals surface area contributed by atoms with Crippen molar-refractivity contribution in [3.8, 4) is 0 Å². The molecule has 2 aliphatic carbocycles. The molecular formula is C16H29NO. The summed E-state index contributed by atoms with van der Waals surface area (Å²) in [5.41, 5.74) is 0. The van der Waals surface area contributed by atoms with Crippen molar-refractivity contribution in [2.45, 2.75) is 53.4 Å². The van der Waals surface area contributed by atoms with Gasteiger partial charge in [0.05, 0.1) is 0 Å². The monoisotopic (exact) mass is 251 g/mol. The molecule has 2 aliphatic rings. The summed E-state index contributed by atoms with van der Waals surface area (Å²) in [5, 5.41) is 3.23. The topological polar surface area (TPSA) is 29.1 Å². The van der Waals surface area contributed by atoms with Gasteiger partial charge in [0.15, 0.2) is 0 Å². The molecule has 3 unspecified atom stereocenters. The van der Waals surface area contributed by atoms with Crippen LogP contribution in [0.2, 0.25) is 0 Å². The van der Waals surface area contributed by atoms with Gasteiger partial charge in [0.1, 0.15) is 0 Å². The summed E-state index contributed by atoms with van der Waals surface area (Å²) in [6.45, 7) is 9.90. The van der Waals surface area contributed by atoms with E-state index in [9.17, 15) is 4.79 Å². The molecule has 1 N–H and O–H groups in total. The molecular weight excluding hydrogens is 222 g/mol. The number of hydrogen-bond donors (Lipinski definition) is 1. The minimum Gasteiger partial charge on any atom is -0.356 e. The van der Waals surface area contributed by atoms with Gasteiger partial charge in [0, 0.05) is 12.5 Å². The van der Waals surface area contributed by atoms with Crippen molar-refractivity contribution in [3.63, 3.8) is 0 Å². The maximum Gasteiger partial charge on any atom is 0.223 e. The number of carbonyl (C=O) groups is 1. The zero-order valence-corrected chi connectivity index (χ0v) is 12.4. The highest BCUT2D eigenvalue weighted by molar-refractivity contribution is 5.79. The first-order valence-corrected chi connectivity index (χ1v) is 7.76. The summed E-state index contributed by atoms with van der Waals surface area (Å²) >= 11 is 0. The van der Waals surface area contributed by atoms with E-state index in [0.29, 0.717) is 35.5 Å². The first-order valence-electron chi connectivity index (χ1n) is 7.76. The Morgan fingerprint density at radius 2 is 1.78 bits per heavy atom. The minimum absolute atomic E-state index is 0.337. The van der Waals surface area contributed by atoms with Crippen LogP contribution in [0.1, 0.15) is 53.4 Å². The van der Waals surface area contributed by atoms with E-state index in [2.05, 4.69) is 33.0 Å². The summed E-state index contributed by atoms with van der Waals surface area (Å²) in [7, 11) is 0. The van der Waals surface area contributed by atoms with E-state index in [1.807, 2.05) is 0 Å². The van der Waals surface area contributed by atoms with Crippen LogP contribution in [0.15, 0.2) is 0 Å².